The number of hydrogen-bond donors (Lipinski definition) is 2. The number of thiocarbonyl (C=S) groups is 1. The van der Waals surface area contributed by atoms with Gasteiger partial charge in [-0.05, 0) is 75.0 Å². The van der Waals surface area contributed by atoms with Gasteiger partial charge in [0.05, 0.1) is 29.9 Å². The van der Waals surface area contributed by atoms with Gasteiger partial charge >= 0.3 is 11.9 Å². The third kappa shape index (κ3) is 4.38. The Hall–Kier alpha value is -3.72. The van der Waals surface area contributed by atoms with Crippen LogP contribution >= 0.6 is 12.2 Å². The second-order valence-corrected chi connectivity index (χ2v) is 8.46. The molecule has 0 radical (unpaired) electrons. The molecule has 2 aromatic heterocycles. The summed E-state index contributed by atoms with van der Waals surface area (Å²) in [5, 5.41) is 13.2. The fourth-order valence-corrected chi connectivity index (χ4v) is 4.83. The van der Waals surface area contributed by atoms with Gasteiger partial charge in [-0.2, -0.15) is 0 Å². The Kier molecular flexibility index (Phi) is 6.65. The van der Waals surface area contributed by atoms with Crippen LogP contribution in [-0.4, -0.2) is 49.8 Å². The Morgan fingerprint density at radius 1 is 1.18 bits per heavy atom. The average molecular weight is 479 g/mol. The molecule has 3 aromatic rings. The number of pyridine rings is 1. The van der Waals surface area contributed by atoms with E-state index in [-0.39, 0.29) is 36.8 Å². The summed E-state index contributed by atoms with van der Waals surface area (Å²) >= 11 is 5.63. The second-order valence-electron chi connectivity index (χ2n) is 8.08. The van der Waals surface area contributed by atoms with Gasteiger partial charge in [-0.15, -0.1) is 0 Å². The molecule has 9 heteroatoms. The quantitative estimate of drug-likeness (QED) is 0.392. The van der Waals surface area contributed by atoms with Crippen LogP contribution in [-0.2, 0) is 9.53 Å². The molecule has 34 heavy (non-hydrogen) atoms. The lowest BCUT2D eigenvalue weighted by Gasteiger charge is -2.27. The van der Waals surface area contributed by atoms with Crippen molar-refractivity contribution in [2.45, 2.75) is 32.9 Å². The van der Waals surface area contributed by atoms with Crippen molar-refractivity contribution < 1.29 is 19.4 Å². The summed E-state index contributed by atoms with van der Waals surface area (Å²) < 4.78 is 7.21. The standard InChI is InChI=1S/C25H26N4O4S/c1-4-33-21(30)14-28-23(22(27-25(28)34)20-10-5-6-11-26-20)19-12-15(2)29(16(19)3)18-9-7-8-17(13-18)24(31)32/h5-13,22-23H,4,14H2,1-3H3,(H,27,34)(H,31,32)/t22-,23-/m1/s1. The maximum atomic E-state index is 12.4. The zero-order valence-corrected chi connectivity index (χ0v) is 20.0. The summed E-state index contributed by atoms with van der Waals surface area (Å²) in [6, 6.07) is 14.0. The van der Waals surface area contributed by atoms with E-state index in [1.54, 1.807) is 31.3 Å². The van der Waals surface area contributed by atoms with Crippen molar-refractivity contribution in [3.05, 3.63) is 82.9 Å². The summed E-state index contributed by atoms with van der Waals surface area (Å²) in [5.41, 5.74) is 4.59. The molecule has 0 unspecified atom stereocenters. The summed E-state index contributed by atoms with van der Waals surface area (Å²) in [7, 11) is 0. The highest BCUT2D eigenvalue weighted by Crippen LogP contribution is 2.41. The number of aryl methyl sites for hydroxylation is 1. The molecule has 176 valence electrons. The number of carbonyl (C=O) groups is 2. The molecule has 1 aliphatic heterocycles. The third-order valence-corrected chi connectivity index (χ3v) is 6.30. The largest absolute Gasteiger partial charge is 0.478 e. The first kappa shape index (κ1) is 23.4. The van der Waals surface area contributed by atoms with Crippen LogP contribution in [0.25, 0.3) is 5.69 Å². The number of esters is 1. The van der Waals surface area contributed by atoms with Crippen molar-refractivity contribution in [3.63, 3.8) is 0 Å². The first-order valence-corrected chi connectivity index (χ1v) is 11.4. The molecule has 0 bridgehead atoms. The van der Waals surface area contributed by atoms with E-state index < -0.39 is 5.97 Å². The summed E-state index contributed by atoms with van der Waals surface area (Å²) in [6.07, 6.45) is 1.73. The van der Waals surface area contributed by atoms with Gasteiger partial charge < -0.3 is 24.6 Å². The van der Waals surface area contributed by atoms with Crippen LogP contribution in [0.4, 0.5) is 0 Å². The topological polar surface area (TPSA) is 96.7 Å². The minimum Gasteiger partial charge on any atom is -0.478 e. The highest BCUT2D eigenvalue weighted by molar-refractivity contribution is 7.80. The number of carboxylic acid groups (broad SMARTS) is 1. The first-order valence-electron chi connectivity index (χ1n) is 11.0. The van der Waals surface area contributed by atoms with Gasteiger partial charge in [-0.3, -0.25) is 9.78 Å². The lowest BCUT2D eigenvalue weighted by molar-refractivity contribution is -0.143. The number of carboxylic acids is 1. The lowest BCUT2D eigenvalue weighted by atomic mass is 9.97. The molecule has 4 rings (SSSR count). The van der Waals surface area contributed by atoms with Crippen LogP contribution in [0, 0.1) is 13.8 Å². The predicted octanol–water partition coefficient (Wildman–Crippen LogP) is 3.72. The second kappa shape index (κ2) is 9.64. The zero-order valence-electron chi connectivity index (χ0n) is 19.2. The molecule has 0 aliphatic carbocycles. The number of benzene rings is 1. The minimum atomic E-state index is -0.981. The maximum Gasteiger partial charge on any atom is 0.335 e. The van der Waals surface area contributed by atoms with E-state index in [2.05, 4.69) is 16.4 Å². The van der Waals surface area contributed by atoms with Crippen molar-refractivity contribution in [1.29, 1.82) is 0 Å². The third-order valence-electron chi connectivity index (χ3n) is 5.94. The average Bonchev–Trinajstić information content (AvgIpc) is 3.29. The number of hydrogen-bond acceptors (Lipinski definition) is 5. The Balaban J connectivity index is 1.82. The fraction of sp³-hybridized carbons (Fsp3) is 0.280. The molecule has 2 N–H and O–H groups in total. The summed E-state index contributed by atoms with van der Waals surface area (Å²) in [6.45, 7) is 6.01. The monoisotopic (exact) mass is 478 g/mol. The van der Waals surface area contributed by atoms with Crippen LogP contribution in [0.5, 0.6) is 0 Å². The Labute approximate surface area is 203 Å². The number of aromatic carboxylic acids is 1. The van der Waals surface area contributed by atoms with Gasteiger partial charge in [0, 0.05) is 23.3 Å². The SMILES string of the molecule is CCOC(=O)CN1C(=S)N[C@H](c2ccccn2)[C@H]1c1cc(C)n(-c2cccc(C(=O)O)c2)c1C. The highest BCUT2D eigenvalue weighted by Gasteiger charge is 2.42. The normalized spacial score (nSPS) is 17.5. The summed E-state index contributed by atoms with van der Waals surface area (Å²) in [4.78, 5) is 30.3. The van der Waals surface area contributed by atoms with Gasteiger partial charge in [0.25, 0.3) is 0 Å². The Morgan fingerprint density at radius 2 is 1.97 bits per heavy atom. The number of ether oxygens (including phenoxy) is 1. The molecule has 1 saturated heterocycles. The van der Waals surface area contributed by atoms with E-state index in [1.807, 2.05) is 47.6 Å². The van der Waals surface area contributed by atoms with Gasteiger partial charge in [0.1, 0.15) is 6.54 Å². The van der Waals surface area contributed by atoms with E-state index in [9.17, 15) is 14.7 Å². The fourth-order valence-electron chi connectivity index (χ4n) is 4.52. The van der Waals surface area contributed by atoms with E-state index >= 15 is 0 Å². The van der Waals surface area contributed by atoms with Gasteiger partial charge in [0.2, 0.25) is 0 Å². The van der Waals surface area contributed by atoms with E-state index in [1.165, 1.54) is 0 Å². The lowest BCUT2D eigenvalue weighted by Crippen LogP contribution is -2.35. The van der Waals surface area contributed by atoms with Crippen molar-refractivity contribution in [1.82, 2.24) is 19.8 Å². The number of rotatable bonds is 7. The molecule has 0 saturated carbocycles. The van der Waals surface area contributed by atoms with Crippen LogP contribution < -0.4 is 5.32 Å². The Bertz CT molecular complexity index is 1240. The van der Waals surface area contributed by atoms with E-state index in [4.69, 9.17) is 17.0 Å². The molecule has 3 heterocycles. The van der Waals surface area contributed by atoms with Crippen molar-refractivity contribution >= 4 is 29.3 Å². The van der Waals surface area contributed by atoms with E-state index in [0.717, 1.165) is 28.3 Å². The molecule has 1 aromatic carbocycles. The Morgan fingerprint density at radius 3 is 2.65 bits per heavy atom. The molecular weight excluding hydrogens is 452 g/mol. The molecule has 0 amide bonds. The van der Waals surface area contributed by atoms with Gasteiger partial charge in [-0.1, -0.05) is 12.1 Å². The van der Waals surface area contributed by atoms with Gasteiger partial charge in [0.15, 0.2) is 5.11 Å². The van der Waals surface area contributed by atoms with Crippen molar-refractivity contribution in [3.8, 4) is 5.69 Å². The first-order chi connectivity index (χ1) is 16.3. The van der Waals surface area contributed by atoms with Crippen molar-refractivity contribution in [2.75, 3.05) is 13.2 Å². The highest BCUT2D eigenvalue weighted by atomic mass is 32.1. The van der Waals surface area contributed by atoms with Crippen LogP contribution in [0.3, 0.4) is 0 Å². The maximum absolute atomic E-state index is 12.4. The molecule has 1 fully saturated rings. The predicted molar refractivity (Wildman–Crippen MR) is 131 cm³/mol. The van der Waals surface area contributed by atoms with Crippen LogP contribution in [0.2, 0.25) is 0 Å². The molecule has 1 aliphatic rings. The number of carbonyl (C=O) groups excluding carboxylic acids is 1. The van der Waals surface area contributed by atoms with Gasteiger partial charge in [-0.25, -0.2) is 4.79 Å². The van der Waals surface area contributed by atoms with E-state index in [0.29, 0.717) is 5.11 Å². The van der Waals surface area contributed by atoms with Crippen LogP contribution in [0.15, 0.2) is 54.7 Å². The smallest absolute Gasteiger partial charge is 0.335 e. The van der Waals surface area contributed by atoms with Crippen LogP contribution in [0.1, 0.15) is 52.0 Å². The molecule has 0 spiro atoms. The molecule has 8 nitrogen and oxygen atoms in total. The summed E-state index contributed by atoms with van der Waals surface area (Å²) in [5.74, 6) is -1.34. The number of aromatic nitrogens is 2. The van der Waals surface area contributed by atoms with Crippen molar-refractivity contribution in [2.24, 2.45) is 0 Å². The number of nitrogens with one attached hydrogen (secondary N) is 1. The molecular formula is C25H26N4O4S. The number of nitrogens with zero attached hydrogens (tertiary/aromatic N) is 3. The zero-order chi connectivity index (χ0) is 24.4. The molecule has 2 atom stereocenters. The minimum absolute atomic E-state index is 0.00579.